The van der Waals surface area contributed by atoms with E-state index in [1.54, 1.807) is 0 Å². The fourth-order valence-electron chi connectivity index (χ4n) is 2.67. The van der Waals surface area contributed by atoms with E-state index in [2.05, 4.69) is 72.2 Å². The Balaban J connectivity index is 0.000000339. The molecule has 0 spiro atoms. The minimum absolute atomic E-state index is 1.34. The summed E-state index contributed by atoms with van der Waals surface area (Å²) in [5, 5.41) is 8.14. The van der Waals surface area contributed by atoms with Crippen molar-refractivity contribution in [1.29, 1.82) is 0 Å². The lowest BCUT2D eigenvalue weighted by molar-refractivity contribution is 0.0110. The Kier molecular flexibility index (Phi) is 2.71. The number of rotatable bonds is 0. The van der Waals surface area contributed by atoms with Crippen LogP contribution in [0.2, 0.25) is 0 Å². The molecule has 0 aliphatic heterocycles. The fraction of sp³-hybridized carbons (Fsp3) is 0. The molecule has 0 aromatic heterocycles. The Morgan fingerprint density at radius 2 is 0.895 bits per heavy atom. The maximum Gasteiger partial charge on any atom is 0.245 e. The molecule has 0 N–H and O–H groups in total. The molecule has 0 fully saturated rings. The summed E-state index contributed by atoms with van der Waals surface area (Å²) in [6.45, 7) is 2.67. The minimum atomic E-state index is 1.34. The quantitative estimate of drug-likeness (QED) is 0.189. The van der Waals surface area contributed by atoms with Gasteiger partial charge >= 0.3 is 0 Å². The maximum atomic E-state index is 7.08. The Bertz CT molecular complexity index is 757. The van der Waals surface area contributed by atoms with Crippen molar-refractivity contribution >= 4 is 39.0 Å². The van der Waals surface area contributed by atoms with Crippen LogP contribution in [-0.2, 0) is 0 Å². The second-order valence-corrected chi connectivity index (χ2v) is 4.43. The third-order valence-corrected chi connectivity index (χ3v) is 3.39. The summed E-state index contributed by atoms with van der Waals surface area (Å²) in [6.07, 6.45) is 0. The molecule has 0 amide bonds. The molecule has 2 nitrogen and oxygen atoms in total. The molecule has 0 saturated heterocycles. The van der Waals surface area contributed by atoms with Crippen LogP contribution in [0.25, 0.3) is 37.8 Å². The smallest absolute Gasteiger partial charge is 0.245 e. The predicted molar refractivity (Wildman–Crippen MR) is 80.9 cm³/mol. The van der Waals surface area contributed by atoms with Gasteiger partial charge in [-0.05, 0) is 32.3 Å². The van der Waals surface area contributed by atoms with Crippen LogP contribution in [0.5, 0.6) is 0 Å². The molecule has 0 aliphatic rings. The summed E-state index contributed by atoms with van der Waals surface area (Å²) in [4.78, 5) is 2.25. The zero-order chi connectivity index (χ0) is 13.2. The average Bonchev–Trinajstić information content (AvgIpc) is 2.46. The van der Waals surface area contributed by atoms with Gasteiger partial charge in [0, 0.05) is 0 Å². The second-order valence-electron chi connectivity index (χ2n) is 4.43. The van der Waals surface area contributed by atoms with E-state index in [4.69, 9.17) is 5.53 Å². The van der Waals surface area contributed by atoms with E-state index in [9.17, 15) is 0 Å². The van der Waals surface area contributed by atoms with Crippen LogP contribution < -0.4 is 0 Å². The molecule has 4 rings (SSSR count). The van der Waals surface area contributed by atoms with Crippen molar-refractivity contribution in [3.63, 3.8) is 0 Å². The molecule has 0 bridgehead atoms. The van der Waals surface area contributed by atoms with Gasteiger partial charge in [-0.2, -0.15) is 4.79 Å². The third-order valence-electron chi connectivity index (χ3n) is 3.39. The molecule has 0 saturated carbocycles. The molecule has 90 valence electrons. The van der Waals surface area contributed by atoms with Crippen LogP contribution >= 0.6 is 0 Å². The van der Waals surface area contributed by atoms with E-state index in [0.717, 1.165) is 0 Å². The predicted octanol–water partition coefficient (Wildman–Crippen LogP) is 4.50. The van der Waals surface area contributed by atoms with Crippen LogP contribution in [0.15, 0.2) is 60.7 Å². The van der Waals surface area contributed by atoms with Gasteiger partial charge in [-0.25, -0.2) is 0 Å². The van der Waals surface area contributed by atoms with Gasteiger partial charge in [0.05, 0.1) is 0 Å². The van der Waals surface area contributed by atoms with Crippen molar-refractivity contribution in [3.05, 3.63) is 66.2 Å². The van der Waals surface area contributed by atoms with Crippen molar-refractivity contribution in [2.24, 2.45) is 0 Å². The first-order chi connectivity index (χ1) is 9.35. The van der Waals surface area contributed by atoms with Gasteiger partial charge in [-0.3, -0.25) is 0 Å². The van der Waals surface area contributed by atoms with Gasteiger partial charge in [0.25, 0.3) is 0 Å². The second kappa shape index (κ2) is 4.52. The largest absolute Gasteiger partial charge is 0.362 e. The summed E-state index contributed by atoms with van der Waals surface area (Å²) < 4.78 is 0. The Morgan fingerprint density at radius 3 is 1.16 bits per heavy atom. The maximum absolute atomic E-state index is 7.08. The standard InChI is InChI=1S/C16H10.CH2N2/c1-3-11-7-9-13-5-2-6-14-10-8-12(4-1)15(11)16(13)14;1-3-2/h1-10H;1H2. The topological polar surface area (TPSA) is 36.4 Å². The SMILES string of the molecule is C=[N+]=[N-].c1cc2ccc3cccc4ccc(c1)c2c34. The number of hydrogen-bond acceptors (Lipinski definition) is 0. The zero-order valence-corrected chi connectivity index (χ0v) is 10.4. The molecule has 0 unspecified atom stereocenters. The molecular weight excluding hydrogens is 232 g/mol. The molecule has 19 heavy (non-hydrogen) atoms. The van der Waals surface area contributed by atoms with E-state index in [0.29, 0.717) is 0 Å². The molecule has 4 aromatic rings. The lowest BCUT2D eigenvalue weighted by Gasteiger charge is -2.09. The Morgan fingerprint density at radius 1 is 0.632 bits per heavy atom. The first-order valence-electron chi connectivity index (χ1n) is 6.08. The van der Waals surface area contributed by atoms with E-state index in [-0.39, 0.29) is 0 Å². The van der Waals surface area contributed by atoms with Crippen LogP contribution in [0.1, 0.15) is 0 Å². The summed E-state index contributed by atoms with van der Waals surface area (Å²) in [5.74, 6) is 0. The van der Waals surface area contributed by atoms with Crippen LogP contribution in [0, 0.1) is 0 Å². The lowest BCUT2D eigenvalue weighted by Crippen LogP contribution is -1.82. The average molecular weight is 244 g/mol. The van der Waals surface area contributed by atoms with Crippen LogP contribution in [0.3, 0.4) is 0 Å². The van der Waals surface area contributed by atoms with Crippen LogP contribution in [0.4, 0.5) is 0 Å². The van der Waals surface area contributed by atoms with Gasteiger partial charge < -0.3 is 5.53 Å². The molecule has 0 atom stereocenters. The number of hydrogen-bond donors (Lipinski definition) is 0. The molecule has 0 heterocycles. The highest BCUT2D eigenvalue weighted by molar-refractivity contribution is 6.22. The highest BCUT2D eigenvalue weighted by atomic mass is 14.8. The van der Waals surface area contributed by atoms with Gasteiger partial charge in [-0.1, -0.05) is 60.7 Å². The molecular formula is C17H12N2. The first kappa shape index (κ1) is 11.4. The van der Waals surface area contributed by atoms with E-state index in [1.807, 2.05) is 0 Å². The molecule has 2 heteroatoms. The van der Waals surface area contributed by atoms with Crippen molar-refractivity contribution < 1.29 is 4.79 Å². The fourth-order valence-corrected chi connectivity index (χ4v) is 2.67. The van der Waals surface area contributed by atoms with Gasteiger partial charge in [0.1, 0.15) is 0 Å². The van der Waals surface area contributed by atoms with Gasteiger partial charge in [0.15, 0.2) is 0 Å². The van der Waals surface area contributed by atoms with Crippen molar-refractivity contribution in [2.45, 2.75) is 0 Å². The highest BCUT2D eigenvalue weighted by Crippen LogP contribution is 2.33. The summed E-state index contributed by atoms with van der Waals surface area (Å²) in [5.41, 5.74) is 7.08. The summed E-state index contributed by atoms with van der Waals surface area (Å²) in [6, 6.07) is 21.9. The third kappa shape index (κ3) is 1.75. The Hall–Kier alpha value is -2.70. The van der Waals surface area contributed by atoms with Crippen molar-refractivity contribution in [2.75, 3.05) is 0 Å². The number of benzene rings is 4. The molecule has 4 aromatic carbocycles. The normalized spacial score (nSPS) is 10.3. The van der Waals surface area contributed by atoms with E-state index in [1.165, 1.54) is 32.3 Å². The van der Waals surface area contributed by atoms with Gasteiger partial charge in [0.2, 0.25) is 6.72 Å². The highest BCUT2D eigenvalue weighted by Gasteiger charge is 2.05. The summed E-state index contributed by atoms with van der Waals surface area (Å²) >= 11 is 0. The lowest BCUT2D eigenvalue weighted by atomic mass is 9.95. The minimum Gasteiger partial charge on any atom is -0.362 e. The molecule has 0 aliphatic carbocycles. The van der Waals surface area contributed by atoms with Crippen molar-refractivity contribution in [3.8, 4) is 0 Å². The molecule has 0 radical (unpaired) electrons. The van der Waals surface area contributed by atoms with E-state index < -0.39 is 0 Å². The number of nitrogens with zero attached hydrogens (tertiary/aromatic N) is 2. The summed E-state index contributed by atoms with van der Waals surface area (Å²) in [7, 11) is 0. The Labute approximate surface area is 110 Å². The van der Waals surface area contributed by atoms with Gasteiger partial charge in [-0.15, -0.1) is 0 Å². The van der Waals surface area contributed by atoms with E-state index >= 15 is 0 Å². The van der Waals surface area contributed by atoms with Crippen LogP contribution in [-0.4, -0.2) is 11.5 Å². The van der Waals surface area contributed by atoms with Crippen molar-refractivity contribution in [1.82, 2.24) is 0 Å². The monoisotopic (exact) mass is 244 g/mol. The zero-order valence-electron chi connectivity index (χ0n) is 10.4. The first-order valence-corrected chi connectivity index (χ1v) is 6.08.